The lowest BCUT2D eigenvalue weighted by Crippen LogP contribution is -2.44. The maximum absolute atomic E-state index is 12.3. The van der Waals surface area contributed by atoms with E-state index in [4.69, 9.17) is 4.74 Å². The monoisotopic (exact) mass is 402 g/mol. The van der Waals surface area contributed by atoms with Gasteiger partial charge in [-0.05, 0) is 43.2 Å². The predicted molar refractivity (Wildman–Crippen MR) is 103 cm³/mol. The number of benzene rings is 2. The van der Waals surface area contributed by atoms with Gasteiger partial charge in [-0.3, -0.25) is 9.69 Å². The largest absolute Gasteiger partial charge is 0.496 e. The molecule has 4 nitrogen and oxygen atoms in total. The minimum Gasteiger partial charge on any atom is -0.496 e. The van der Waals surface area contributed by atoms with Crippen LogP contribution in [-0.2, 0) is 6.54 Å². The third-order valence-electron chi connectivity index (χ3n) is 4.62. The fourth-order valence-electron chi connectivity index (χ4n) is 3.18. The molecular formula is C20H23BrN2O2. The molecule has 132 valence electrons. The number of ether oxygens (including phenoxy) is 1. The molecule has 5 heteroatoms. The number of hydrogen-bond acceptors (Lipinski definition) is 3. The van der Waals surface area contributed by atoms with E-state index >= 15 is 0 Å². The molecule has 0 saturated carbocycles. The molecule has 0 unspecified atom stereocenters. The van der Waals surface area contributed by atoms with Crippen molar-refractivity contribution in [3.8, 4) is 5.75 Å². The van der Waals surface area contributed by atoms with Gasteiger partial charge in [0.15, 0.2) is 0 Å². The Bertz CT molecular complexity index is 710. The maximum atomic E-state index is 12.3. The van der Waals surface area contributed by atoms with Gasteiger partial charge in [-0.2, -0.15) is 0 Å². The number of piperidine rings is 1. The number of halogens is 1. The summed E-state index contributed by atoms with van der Waals surface area (Å²) in [6.07, 6.45) is 1.94. The van der Waals surface area contributed by atoms with Crippen molar-refractivity contribution in [3.63, 3.8) is 0 Å². The van der Waals surface area contributed by atoms with E-state index < -0.39 is 0 Å². The van der Waals surface area contributed by atoms with E-state index in [1.807, 2.05) is 42.5 Å². The topological polar surface area (TPSA) is 41.6 Å². The van der Waals surface area contributed by atoms with Crippen molar-refractivity contribution in [2.45, 2.75) is 25.4 Å². The van der Waals surface area contributed by atoms with Gasteiger partial charge in [0, 0.05) is 41.3 Å². The Labute approximate surface area is 157 Å². The number of nitrogens with one attached hydrogen (secondary N) is 1. The number of para-hydroxylation sites is 1. The highest BCUT2D eigenvalue weighted by atomic mass is 79.9. The summed E-state index contributed by atoms with van der Waals surface area (Å²) >= 11 is 3.39. The lowest BCUT2D eigenvalue weighted by atomic mass is 10.0. The summed E-state index contributed by atoms with van der Waals surface area (Å²) in [5.74, 6) is 0.948. The molecule has 1 aliphatic heterocycles. The molecule has 0 atom stereocenters. The average molecular weight is 403 g/mol. The molecule has 1 fully saturated rings. The molecule has 0 spiro atoms. The van der Waals surface area contributed by atoms with Crippen LogP contribution in [0.2, 0.25) is 0 Å². The molecule has 0 aromatic heterocycles. The second-order valence-electron chi connectivity index (χ2n) is 6.34. The van der Waals surface area contributed by atoms with E-state index in [1.54, 1.807) is 7.11 Å². The predicted octanol–water partition coefficient (Wildman–Crippen LogP) is 3.85. The minimum absolute atomic E-state index is 0.00989. The Morgan fingerprint density at radius 2 is 1.84 bits per heavy atom. The number of nitrogens with zero attached hydrogens (tertiary/aromatic N) is 1. The molecule has 1 amide bonds. The zero-order valence-electron chi connectivity index (χ0n) is 14.4. The van der Waals surface area contributed by atoms with Crippen LogP contribution in [0.1, 0.15) is 28.8 Å². The molecule has 1 N–H and O–H groups in total. The molecular weight excluding hydrogens is 380 g/mol. The van der Waals surface area contributed by atoms with Crippen molar-refractivity contribution in [2.24, 2.45) is 0 Å². The molecule has 0 bridgehead atoms. The highest BCUT2D eigenvalue weighted by molar-refractivity contribution is 9.10. The summed E-state index contributed by atoms with van der Waals surface area (Å²) in [6, 6.07) is 15.9. The minimum atomic E-state index is 0.00989. The zero-order valence-corrected chi connectivity index (χ0v) is 16.0. The SMILES string of the molecule is COc1ccccc1CN1CCC(NC(=O)c2ccc(Br)cc2)CC1. The summed E-state index contributed by atoms with van der Waals surface area (Å²) in [5, 5.41) is 3.16. The Kier molecular flexibility index (Phi) is 6.10. The number of rotatable bonds is 5. The standard InChI is InChI=1S/C20H23BrN2O2/c1-25-19-5-3-2-4-16(19)14-23-12-10-18(11-13-23)22-20(24)15-6-8-17(21)9-7-15/h2-9,18H,10-14H2,1H3,(H,22,24). The van der Waals surface area contributed by atoms with E-state index in [2.05, 4.69) is 32.2 Å². The van der Waals surface area contributed by atoms with Crippen molar-refractivity contribution < 1.29 is 9.53 Å². The van der Waals surface area contributed by atoms with Gasteiger partial charge in [-0.15, -0.1) is 0 Å². The van der Waals surface area contributed by atoms with Crippen molar-refractivity contribution in [1.29, 1.82) is 0 Å². The first-order valence-corrected chi connectivity index (χ1v) is 9.35. The number of likely N-dealkylation sites (tertiary alicyclic amines) is 1. The van der Waals surface area contributed by atoms with Crippen LogP contribution in [0.4, 0.5) is 0 Å². The van der Waals surface area contributed by atoms with Gasteiger partial charge >= 0.3 is 0 Å². The molecule has 0 aliphatic carbocycles. The normalized spacial score (nSPS) is 15.8. The molecule has 3 rings (SSSR count). The molecule has 1 heterocycles. The second-order valence-corrected chi connectivity index (χ2v) is 7.26. The lowest BCUT2D eigenvalue weighted by molar-refractivity contribution is 0.0908. The fourth-order valence-corrected chi connectivity index (χ4v) is 3.44. The maximum Gasteiger partial charge on any atom is 0.251 e. The number of amides is 1. The van der Waals surface area contributed by atoms with Crippen LogP contribution >= 0.6 is 15.9 Å². The van der Waals surface area contributed by atoms with Crippen LogP contribution in [0.5, 0.6) is 5.75 Å². The highest BCUT2D eigenvalue weighted by Crippen LogP contribution is 2.21. The summed E-state index contributed by atoms with van der Waals surface area (Å²) < 4.78 is 6.41. The van der Waals surface area contributed by atoms with E-state index in [1.165, 1.54) is 5.56 Å². The van der Waals surface area contributed by atoms with E-state index in [0.717, 1.165) is 42.7 Å². The van der Waals surface area contributed by atoms with E-state index in [9.17, 15) is 4.79 Å². The summed E-state index contributed by atoms with van der Waals surface area (Å²) in [5.41, 5.74) is 1.92. The van der Waals surface area contributed by atoms with Crippen LogP contribution in [0.15, 0.2) is 53.0 Å². The van der Waals surface area contributed by atoms with Crippen molar-refractivity contribution >= 4 is 21.8 Å². The summed E-state index contributed by atoms with van der Waals surface area (Å²) in [4.78, 5) is 14.7. The third kappa shape index (κ3) is 4.83. The van der Waals surface area contributed by atoms with Crippen LogP contribution in [0, 0.1) is 0 Å². The van der Waals surface area contributed by atoms with Crippen molar-refractivity contribution in [3.05, 3.63) is 64.1 Å². The Morgan fingerprint density at radius 3 is 2.52 bits per heavy atom. The van der Waals surface area contributed by atoms with E-state index in [0.29, 0.717) is 5.56 Å². The van der Waals surface area contributed by atoms with Gasteiger partial charge in [0.1, 0.15) is 5.75 Å². The Balaban J connectivity index is 1.50. The molecule has 0 radical (unpaired) electrons. The molecule has 1 saturated heterocycles. The van der Waals surface area contributed by atoms with E-state index in [-0.39, 0.29) is 11.9 Å². The van der Waals surface area contributed by atoms with Crippen LogP contribution < -0.4 is 10.1 Å². The molecule has 2 aromatic rings. The number of carbonyl (C=O) groups excluding carboxylic acids is 1. The first-order valence-electron chi connectivity index (χ1n) is 8.56. The highest BCUT2D eigenvalue weighted by Gasteiger charge is 2.21. The van der Waals surface area contributed by atoms with Crippen LogP contribution in [-0.4, -0.2) is 37.0 Å². The van der Waals surface area contributed by atoms with Crippen LogP contribution in [0.3, 0.4) is 0 Å². The quantitative estimate of drug-likeness (QED) is 0.825. The van der Waals surface area contributed by atoms with Gasteiger partial charge in [0.25, 0.3) is 5.91 Å². The van der Waals surface area contributed by atoms with Crippen LogP contribution in [0.25, 0.3) is 0 Å². The summed E-state index contributed by atoms with van der Waals surface area (Å²) in [6.45, 7) is 2.84. The molecule has 1 aliphatic rings. The first-order chi connectivity index (χ1) is 12.2. The van der Waals surface area contributed by atoms with Gasteiger partial charge in [-0.25, -0.2) is 0 Å². The second kappa shape index (κ2) is 8.50. The number of carbonyl (C=O) groups is 1. The van der Waals surface area contributed by atoms with Crippen molar-refractivity contribution in [1.82, 2.24) is 10.2 Å². The smallest absolute Gasteiger partial charge is 0.251 e. The van der Waals surface area contributed by atoms with Gasteiger partial charge in [0.05, 0.1) is 7.11 Å². The average Bonchev–Trinajstić information content (AvgIpc) is 2.64. The van der Waals surface area contributed by atoms with Gasteiger partial charge < -0.3 is 10.1 Å². The Hall–Kier alpha value is -1.85. The molecule has 25 heavy (non-hydrogen) atoms. The first kappa shape index (κ1) is 18.0. The number of hydrogen-bond donors (Lipinski definition) is 1. The van der Waals surface area contributed by atoms with Gasteiger partial charge in [-0.1, -0.05) is 34.1 Å². The molecule has 2 aromatic carbocycles. The fraction of sp³-hybridized carbons (Fsp3) is 0.350. The number of methoxy groups -OCH3 is 1. The third-order valence-corrected chi connectivity index (χ3v) is 5.14. The lowest BCUT2D eigenvalue weighted by Gasteiger charge is -2.32. The van der Waals surface area contributed by atoms with Gasteiger partial charge in [0.2, 0.25) is 0 Å². The Morgan fingerprint density at radius 1 is 1.16 bits per heavy atom. The zero-order chi connectivity index (χ0) is 17.6. The summed E-state index contributed by atoms with van der Waals surface area (Å²) in [7, 11) is 1.71. The van der Waals surface area contributed by atoms with Crippen molar-refractivity contribution in [2.75, 3.05) is 20.2 Å².